The average Bonchev–Trinajstić information content (AvgIpc) is 3.10. The number of anilines is 1. The number of nitriles is 1. The summed E-state index contributed by atoms with van der Waals surface area (Å²) in [7, 11) is 2.91. The van der Waals surface area contributed by atoms with E-state index in [1.165, 1.54) is 7.11 Å². The van der Waals surface area contributed by atoms with Gasteiger partial charge in [-0.15, -0.1) is 0 Å². The molecule has 0 spiro atoms. The summed E-state index contributed by atoms with van der Waals surface area (Å²) in [6.07, 6.45) is 1.57. The topological polar surface area (TPSA) is 93.4 Å². The Balaban J connectivity index is 1.96. The van der Waals surface area contributed by atoms with E-state index in [1.54, 1.807) is 49.6 Å². The lowest BCUT2D eigenvalue weighted by Gasteiger charge is -2.15. The molecular formula is C26H25N3O4. The van der Waals surface area contributed by atoms with E-state index in [4.69, 9.17) is 9.47 Å². The molecule has 1 heterocycles. The van der Waals surface area contributed by atoms with E-state index < -0.39 is 11.9 Å². The maximum absolute atomic E-state index is 12.7. The smallest absolute Gasteiger partial charge is 0.338 e. The molecule has 1 aromatic heterocycles. The highest BCUT2D eigenvalue weighted by atomic mass is 16.5. The van der Waals surface area contributed by atoms with Crippen LogP contribution in [0.5, 0.6) is 5.75 Å². The fraction of sp³-hybridized carbons (Fsp3) is 0.192. The number of carbonyl (C=O) groups excluding carboxylic acids is 2. The maximum atomic E-state index is 12.7. The summed E-state index contributed by atoms with van der Waals surface area (Å²) in [4.78, 5) is 24.8. The number of nitrogens with one attached hydrogen (secondary N) is 1. The first-order valence-electron chi connectivity index (χ1n) is 10.2. The van der Waals surface area contributed by atoms with Crippen LogP contribution in [0, 0.1) is 32.1 Å². The highest BCUT2D eigenvalue weighted by Crippen LogP contribution is 2.27. The Morgan fingerprint density at radius 3 is 2.36 bits per heavy atom. The summed E-state index contributed by atoms with van der Waals surface area (Å²) in [6, 6.07) is 16.2. The van der Waals surface area contributed by atoms with Crippen LogP contribution in [0.1, 0.15) is 32.9 Å². The molecule has 168 valence electrons. The largest absolute Gasteiger partial charge is 0.497 e. The molecule has 3 rings (SSSR count). The molecule has 2 aromatic carbocycles. The van der Waals surface area contributed by atoms with E-state index in [-0.39, 0.29) is 5.57 Å². The molecule has 7 heteroatoms. The van der Waals surface area contributed by atoms with Crippen molar-refractivity contribution in [1.29, 1.82) is 5.26 Å². The molecular weight excluding hydrogens is 418 g/mol. The van der Waals surface area contributed by atoms with Gasteiger partial charge in [0.1, 0.15) is 17.4 Å². The second kappa shape index (κ2) is 9.88. The molecule has 7 nitrogen and oxygen atoms in total. The van der Waals surface area contributed by atoms with Crippen molar-refractivity contribution in [3.8, 4) is 17.5 Å². The molecule has 0 saturated carbocycles. The molecule has 1 amide bonds. The summed E-state index contributed by atoms with van der Waals surface area (Å²) in [5, 5.41) is 12.3. The fourth-order valence-electron chi connectivity index (χ4n) is 3.68. The number of amides is 1. The van der Waals surface area contributed by atoms with Gasteiger partial charge in [0.2, 0.25) is 0 Å². The van der Waals surface area contributed by atoms with E-state index in [0.717, 1.165) is 28.2 Å². The lowest BCUT2D eigenvalue weighted by molar-refractivity contribution is -0.112. The van der Waals surface area contributed by atoms with Gasteiger partial charge in [-0.25, -0.2) is 4.79 Å². The quantitative estimate of drug-likeness (QED) is 0.337. The third-order valence-electron chi connectivity index (χ3n) is 5.43. The summed E-state index contributed by atoms with van der Waals surface area (Å²) in [5.41, 5.74) is 5.09. The normalized spacial score (nSPS) is 11.0. The molecule has 0 aliphatic heterocycles. The van der Waals surface area contributed by atoms with Crippen molar-refractivity contribution in [1.82, 2.24) is 4.57 Å². The van der Waals surface area contributed by atoms with E-state index >= 15 is 0 Å². The van der Waals surface area contributed by atoms with Gasteiger partial charge in [0, 0.05) is 22.8 Å². The number of carbonyl (C=O) groups is 2. The predicted molar refractivity (Wildman–Crippen MR) is 127 cm³/mol. The Labute approximate surface area is 192 Å². The zero-order chi connectivity index (χ0) is 24.1. The van der Waals surface area contributed by atoms with Gasteiger partial charge in [0.25, 0.3) is 5.91 Å². The second-order valence-corrected chi connectivity index (χ2v) is 7.46. The highest BCUT2D eigenvalue weighted by molar-refractivity contribution is 6.09. The third-order valence-corrected chi connectivity index (χ3v) is 5.43. The number of benzene rings is 2. The van der Waals surface area contributed by atoms with Crippen LogP contribution in [0.4, 0.5) is 5.69 Å². The fourth-order valence-corrected chi connectivity index (χ4v) is 3.68. The maximum Gasteiger partial charge on any atom is 0.338 e. The van der Waals surface area contributed by atoms with E-state index in [9.17, 15) is 14.9 Å². The Bertz CT molecular complexity index is 1280. The van der Waals surface area contributed by atoms with Gasteiger partial charge in [-0.1, -0.05) is 6.07 Å². The monoisotopic (exact) mass is 443 g/mol. The minimum atomic E-state index is -0.503. The van der Waals surface area contributed by atoms with E-state index in [2.05, 4.69) is 5.32 Å². The van der Waals surface area contributed by atoms with Gasteiger partial charge in [0.05, 0.1) is 19.8 Å². The van der Waals surface area contributed by atoms with Crippen LogP contribution in [0.25, 0.3) is 11.8 Å². The van der Waals surface area contributed by atoms with E-state index in [0.29, 0.717) is 17.0 Å². The Morgan fingerprint density at radius 1 is 1.06 bits per heavy atom. The van der Waals surface area contributed by atoms with Crippen molar-refractivity contribution in [2.24, 2.45) is 0 Å². The number of aryl methyl sites for hydroxylation is 1. The second-order valence-electron chi connectivity index (χ2n) is 7.46. The zero-order valence-electron chi connectivity index (χ0n) is 19.2. The van der Waals surface area contributed by atoms with Crippen molar-refractivity contribution >= 4 is 23.6 Å². The minimum absolute atomic E-state index is 0.0221. The minimum Gasteiger partial charge on any atom is -0.497 e. The summed E-state index contributed by atoms with van der Waals surface area (Å²) in [5.74, 6) is -0.238. The summed E-state index contributed by atoms with van der Waals surface area (Å²) < 4.78 is 12.0. The van der Waals surface area contributed by atoms with Gasteiger partial charge >= 0.3 is 5.97 Å². The SMILES string of the molecule is COC(=O)c1cccc(-n2c(C)cc(/C=C(/C#N)C(=O)Nc3ccc(OC)cc3)c2C)c1C. The lowest BCUT2D eigenvalue weighted by atomic mass is 10.1. The molecule has 0 aliphatic rings. The standard InChI is InChI=1S/C26H25N3O4/c1-16-13-19(14-20(15-27)25(30)28-21-9-11-22(32-4)12-10-21)18(3)29(16)24-8-6-7-23(17(24)2)26(31)33-5/h6-14H,1-5H3,(H,28,30)/b20-14-. The number of methoxy groups -OCH3 is 2. The highest BCUT2D eigenvalue weighted by Gasteiger charge is 2.18. The molecule has 0 radical (unpaired) electrons. The number of hydrogen-bond donors (Lipinski definition) is 1. The van der Waals surface area contributed by atoms with Crippen molar-refractivity contribution < 1.29 is 19.1 Å². The van der Waals surface area contributed by atoms with Gasteiger partial charge in [0.15, 0.2) is 0 Å². The Kier molecular flexibility index (Phi) is 6.99. The van der Waals surface area contributed by atoms with Crippen molar-refractivity contribution in [3.05, 3.63) is 82.2 Å². The number of nitrogens with zero attached hydrogens (tertiary/aromatic N) is 2. The third kappa shape index (κ3) is 4.80. The molecule has 0 fully saturated rings. The van der Waals surface area contributed by atoms with E-state index in [1.807, 2.05) is 43.5 Å². The van der Waals surface area contributed by atoms with Crippen LogP contribution < -0.4 is 10.1 Å². The molecule has 1 N–H and O–H groups in total. The first-order chi connectivity index (χ1) is 15.8. The van der Waals surface area contributed by atoms with Gasteiger partial charge < -0.3 is 19.4 Å². The average molecular weight is 444 g/mol. The molecule has 0 atom stereocenters. The molecule has 0 bridgehead atoms. The van der Waals surface area contributed by atoms with Gasteiger partial charge in [-0.3, -0.25) is 4.79 Å². The molecule has 0 saturated heterocycles. The van der Waals surface area contributed by atoms with Crippen LogP contribution in [0.15, 0.2) is 54.1 Å². The molecule has 33 heavy (non-hydrogen) atoms. The molecule has 0 aliphatic carbocycles. The van der Waals surface area contributed by atoms with Crippen molar-refractivity contribution in [3.63, 3.8) is 0 Å². The Morgan fingerprint density at radius 2 is 1.76 bits per heavy atom. The first kappa shape index (κ1) is 23.4. The van der Waals surface area contributed by atoms with Gasteiger partial charge in [-0.2, -0.15) is 5.26 Å². The number of ether oxygens (including phenoxy) is 2. The first-order valence-corrected chi connectivity index (χ1v) is 10.2. The van der Waals surface area contributed by atoms with Crippen LogP contribution >= 0.6 is 0 Å². The van der Waals surface area contributed by atoms with Gasteiger partial charge in [-0.05, 0) is 80.4 Å². The van der Waals surface area contributed by atoms with Crippen LogP contribution in [-0.4, -0.2) is 30.7 Å². The van der Waals surface area contributed by atoms with Crippen LogP contribution in [-0.2, 0) is 9.53 Å². The number of esters is 1. The summed E-state index contributed by atoms with van der Waals surface area (Å²) >= 11 is 0. The summed E-state index contributed by atoms with van der Waals surface area (Å²) in [6.45, 7) is 5.69. The van der Waals surface area contributed by atoms with Crippen molar-refractivity contribution in [2.75, 3.05) is 19.5 Å². The number of aromatic nitrogens is 1. The molecule has 0 unspecified atom stereocenters. The predicted octanol–water partition coefficient (Wildman–Crippen LogP) is 4.74. The zero-order valence-corrected chi connectivity index (χ0v) is 19.2. The van der Waals surface area contributed by atoms with Crippen LogP contribution in [0.3, 0.4) is 0 Å². The van der Waals surface area contributed by atoms with Crippen molar-refractivity contribution in [2.45, 2.75) is 20.8 Å². The Hall–Kier alpha value is -4.31. The molecule has 3 aromatic rings. The lowest BCUT2D eigenvalue weighted by Crippen LogP contribution is -2.13. The van der Waals surface area contributed by atoms with Crippen LogP contribution in [0.2, 0.25) is 0 Å². The number of rotatable bonds is 6. The number of hydrogen-bond acceptors (Lipinski definition) is 5.